The van der Waals surface area contributed by atoms with E-state index >= 15 is 0 Å². The zero-order valence-electron chi connectivity index (χ0n) is 18.6. The van der Waals surface area contributed by atoms with Crippen LogP contribution in [0.4, 0.5) is 0 Å². The van der Waals surface area contributed by atoms with E-state index in [0.29, 0.717) is 28.7 Å². The van der Waals surface area contributed by atoms with Crippen molar-refractivity contribution in [2.45, 2.75) is 44.7 Å². The van der Waals surface area contributed by atoms with Crippen molar-refractivity contribution in [3.63, 3.8) is 0 Å². The molecule has 0 amide bonds. The van der Waals surface area contributed by atoms with Crippen molar-refractivity contribution in [2.24, 2.45) is 0 Å². The van der Waals surface area contributed by atoms with Gasteiger partial charge < -0.3 is 14.0 Å². The van der Waals surface area contributed by atoms with Crippen molar-refractivity contribution in [1.29, 1.82) is 0 Å². The van der Waals surface area contributed by atoms with Crippen LogP contribution in [0.1, 0.15) is 43.7 Å². The van der Waals surface area contributed by atoms with Gasteiger partial charge >= 0.3 is 0 Å². The molecule has 0 saturated heterocycles. The van der Waals surface area contributed by atoms with Crippen molar-refractivity contribution in [2.75, 3.05) is 6.79 Å². The lowest BCUT2D eigenvalue weighted by molar-refractivity contribution is 0.174. The summed E-state index contributed by atoms with van der Waals surface area (Å²) in [6.07, 6.45) is 7.26. The topological polar surface area (TPSA) is 84.1 Å². The van der Waals surface area contributed by atoms with E-state index in [0.717, 1.165) is 53.8 Å². The fourth-order valence-corrected chi connectivity index (χ4v) is 5.31. The second-order valence-corrected chi connectivity index (χ2v) is 9.11. The lowest BCUT2D eigenvalue weighted by Gasteiger charge is -2.23. The van der Waals surface area contributed by atoms with Gasteiger partial charge in [-0.2, -0.15) is 0 Å². The van der Waals surface area contributed by atoms with Crippen molar-refractivity contribution in [3.8, 4) is 11.5 Å². The Labute approximate surface area is 194 Å². The number of rotatable bonds is 3. The summed E-state index contributed by atoms with van der Waals surface area (Å²) in [5.41, 5.74) is 4.42. The largest absolute Gasteiger partial charge is 0.454 e. The van der Waals surface area contributed by atoms with Gasteiger partial charge in [0.15, 0.2) is 22.8 Å². The fraction of sp³-hybridized carbons (Fsp3) is 0.308. The van der Waals surface area contributed by atoms with Gasteiger partial charge in [-0.25, -0.2) is 15.0 Å². The van der Waals surface area contributed by atoms with Crippen molar-refractivity contribution >= 4 is 33.2 Å². The fourth-order valence-electron chi connectivity index (χ4n) is 5.31. The summed E-state index contributed by atoms with van der Waals surface area (Å²) in [6.45, 7) is 0.720. The van der Waals surface area contributed by atoms with Crippen LogP contribution >= 0.6 is 0 Å². The molecule has 1 aliphatic heterocycles. The van der Waals surface area contributed by atoms with E-state index in [1.165, 1.54) is 6.42 Å². The average molecular weight is 454 g/mol. The quantitative estimate of drug-likeness (QED) is 0.398. The molecule has 0 radical (unpaired) electrons. The summed E-state index contributed by atoms with van der Waals surface area (Å²) in [6, 6.07) is 13.8. The minimum Gasteiger partial charge on any atom is -0.454 e. The molecule has 8 nitrogen and oxygen atoms in total. The average Bonchev–Trinajstić information content (AvgIpc) is 3.46. The number of ether oxygens (including phenoxy) is 2. The summed E-state index contributed by atoms with van der Waals surface area (Å²) in [4.78, 5) is 28.4. The van der Waals surface area contributed by atoms with E-state index in [4.69, 9.17) is 24.4 Å². The highest BCUT2D eigenvalue weighted by atomic mass is 16.7. The van der Waals surface area contributed by atoms with Crippen LogP contribution in [0.3, 0.4) is 0 Å². The molecular weight excluding hydrogens is 430 g/mol. The Bertz CT molecular complexity index is 1630. The Morgan fingerprint density at radius 3 is 2.56 bits per heavy atom. The van der Waals surface area contributed by atoms with E-state index in [1.54, 1.807) is 6.33 Å². The molecule has 4 heterocycles. The second kappa shape index (κ2) is 7.55. The van der Waals surface area contributed by atoms with E-state index in [9.17, 15) is 4.79 Å². The zero-order chi connectivity index (χ0) is 22.6. The van der Waals surface area contributed by atoms with Gasteiger partial charge in [0.2, 0.25) is 6.79 Å². The highest BCUT2D eigenvalue weighted by Crippen LogP contribution is 2.34. The van der Waals surface area contributed by atoms with Gasteiger partial charge in [-0.3, -0.25) is 9.36 Å². The van der Waals surface area contributed by atoms with Crippen molar-refractivity contribution in [3.05, 3.63) is 64.7 Å². The van der Waals surface area contributed by atoms with Crippen LogP contribution in [-0.4, -0.2) is 30.9 Å². The molecular formula is C26H23N5O3. The Morgan fingerprint density at radius 2 is 1.71 bits per heavy atom. The minimum atomic E-state index is -0.0316. The third-order valence-electron chi connectivity index (χ3n) is 7.02. The van der Waals surface area contributed by atoms with Gasteiger partial charge in [-0.1, -0.05) is 37.5 Å². The maximum Gasteiger partial charge on any atom is 0.265 e. The number of nitrogens with zero attached hydrogens (tertiary/aromatic N) is 5. The van der Waals surface area contributed by atoms with Crippen molar-refractivity contribution in [1.82, 2.24) is 24.1 Å². The minimum absolute atomic E-state index is 0.0316. The predicted octanol–water partition coefficient (Wildman–Crippen LogP) is 4.58. The molecule has 0 unspecified atom stereocenters. The smallest absolute Gasteiger partial charge is 0.265 e. The van der Waals surface area contributed by atoms with Gasteiger partial charge in [0.1, 0.15) is 17.2 Å². The second-order valence-electron chi connectivity index (χ2n) is 9.11. The molecule has 7 rings (SSSR count). The van der Waals surface area contributed by atoms with Crippen LogP contribution in [0, 0.1) is 0 Å². The van der Waals surface area contributed by atoms with Crippen molar-refractivity contribution < 1.29 is 9.47 Å². The first-order valence-corrected chi connectivity index (χ1v) is 11.8. The maximum absolute atomic E-state index is 13.8. The maximum atomic E-state index is 13.8. The lowest BCUT2D eigenvalue weighted by Crippen LogP contribution is -2.26. The summed E-state index contributed by atoms with van der Waals surface area (Å²) in [7, 11) is 0. The zero-order valence-corrected chi connectivity index (χ0v) is 18.6. The van der Waals surface area contributed by atoms with Gasteiger partial charge in [0.25, 0.3) is 5.56 Å². The standard InChI is InChI=1S/C26H23N5O3/c32-26-22-23-25(29-19-9-5-4-8-18(19)28-23)30(13-16-10-11-20-21(12-16)34-15-33-20)24(22)27-14-31(26)17-6-2-1-3-7-17/h4-5,8-12,14,17H,1-3,6-7,13,15H2. The summed E-state index contributed by atoms with van der Waals surface area (Å²) < 4.78 is 14.8. The summed E-state index contributed by atoms with van der Waals surface area (Å²) >= 11 is 0. The molecule has 2 aromatic carbocycles. The first-order valence-electron chi connectivity index (χ1n) is 11.8. The molecule has 1 fully saturated rings. The van der Waals surface area contributed by atoms with Gasteiger partial charge in [0.05, 0.1) is 17.6 Å². The first kappa shape index (κ1) is 19.5. The molecule has 0 N–H and O–H groups in total. The number of hydrogen-bond acceptors (Lipinski definition) is 6. The van der Waals surface area contributed by atoms with Crippen LogP contribution < -0.4 is 15.0 Å². The van der Waals surface area contributed by atoms with Gasteiger partial charge in [-0.15, -0.1) is 0 Å². The molecule has 0 bridgehead atoms. The Balaban J connectivity index is 1.47. The summed E-state index contributed by atoms with van der Waals surface area (Å²) in [5.74, 6) is 1.47. The molecule has 1 saturated carbocycles. The van der Waals surface area contributed by atoms with E-state index in [1.807, 2.05) is 51.6 Å². The van der Waals surface area contributed by atoms with Gasteiger partial charge in [0, 0.05) is 6.04 Å². The van der Waals surface area contributed by atoms with Crippen LogP contribution in [0.15, 0.2) is 53.6 Å². The molecule has 5 aromatic rings. The molecule has 8 heteroatoms. The number of benzene rings is 2. The number of para-hydroxylation sites is 2. The van der Waals surface area contributed by atoms with E-state index < -0.39 is 0 Å². The summed E-state index contributed by atoms with van der Waals surface area (Å²) in [5, 5.41) is 0.544. The highest BCUT2D eigenvalue weighted by Gasteiger charge is 2.24. The predicted molar refractivity (Wildman–Crippen MR) is 128 cm³/mol. The molecule has 3 aromatic heterocycles. The van der Waals surface area contributed by atoms with Crippen LogP contribution in [0.5, 0.6) is 11.5 Å². The number of aromatic nitrogens is 5. The molecule has 170 valence electrons. The van der Waals surface area contributed by atoms with E-state index in [-0.39, 0.29) is 18.4 Å². The molecule has 2 aliphatic rings. The molecule has 0 spiro atoms. The Kier molecular flexibility index (Phi) is 4.33. The number of fused-ring (bicyclic) bond motifs is 5. The number of hydrogen-bond donors (Lipinski definition) is 0. The van der Waals surface area contributed by atoms with Crippen LogP contribution in [0.2, 0.25) is 0 Å². The van der Waals surface area contributed by atoms with E-state index in [2.05, 4.69) is 0 Å². The van der Waals surface area contributed by atoms with Crippen LogP contribution in [0.25, 0.3) is 33.2 Å². The van der Waals surface area contributed by atoms with Crippen LogP contribution in [-0.2, 0) is 6.54 Å². The normalized spacial score (nSPS) is 16.1. The third kappa shape index (κ3) is 2.98. The third-order valence-corrected chi connectivity index (χ3v) is 7.02. The molecule has 34 heavy (non-hydrogen) atoms. The molecule has 1 aliphatic carbocycles. The first-order chi connectivity index (χ1) is 16.8. The monoisotopic (exact) mass is 453 g/mol. The Hall–Kier alpha value is -3.94. The van der Waals surface area contributed by atoms with Gasteiger partial charge in [-0.05, 0) is 42.7 Å². The molecule has 0 atom stereocenters. The Morgan fingerprint density at radius 1 is 0.912 bits per heavy atom. The SMILES string of the molecule is O=c1c2c3nc4ccccc4nc3n(Cc3ccc4c(c3)OCO4)c2ncn1C1CCCCC1. The highest BCUT2D eigenvalue weighted by molar-refractivity contribution is 6.04. The lowest BCUT2D eigenvalue weighted by atomic mass is 9.95.